The fourth-order valence-electron chi connectivity index (χ4n) is 3.00. The van der Waals surface area contributed by atoms with Gasteiger partial charge >= 0.3 is 6.03 Å². The molecule has 6 nitrogen and oxygen atoms in total. The van der Waals surface area contributed by atoms with Crippen LogP contribution in [0.3, 0.4) is 0 Å². The molecule has 0 aliphatic carbocycles. The topological polar surface area (TPSA) is 70.7 Å². The lowest BCUT2D eigenvalue weighted by molar-refractivity contribution is -0.127. The Morgan fingerprint density at radius 2 is 1.93 bits per heavy atom. The molecule has 0 aromatic heterocycles. The minimum absolute atomic E-state index is 0.0233. The first-order chi connectivity index (χ1) is 13.3. The Hall–Kier alpha value is -2.73. The minimum atomic E-state index is -0.613. The fraction of sp³-hybridized carbons (Fsp3) is 0.333. The number of ether oxygens (including phenoxy) is 1. The van der Waals surface area contributed by atoms with Crippen molar-refractivity contribution in [2.75, 3.05) is 23.4 Å². The molecule has 1 aliphatic rings. The lowest BCUT2D eigenvalue weighted by Gasteiger charge is -2.26. The van der Waals surface area contributed by atoms with E-state index in [0.717, 1.165) is 5.56 Å². The Labute approximate surface area is 169 Å². The lowest BCUT2D eigenvalue weighted by atomic mass is 9.93. The summed E-state index contributed by atoms with van der Waals surface area (Å²) in [6.07, 6.45) is 0. The van der Waals surface area contributed by atoms with Crippen LogP contribution in [-0.2, 0) is 11.3 Å². The molecular formula is C21H24ClN3O3. The predicted molar refractivity (Wildman–Crippen MR) is 111 cm³/mol. The van der Waals surface area contributed by atoms with Gasteiger partial charge in [0.25, 0.3) is 0 Å². The molecular weight excluding hydrogens is 378 g/mol. The van der Waals surface area contributed by atoms with Gasteiger partial charge in [-0.1, -0.05) is 23.7 Å². The van der Waals surface area contributed by atoms with E-state index in [2.05, 4.69) is 10.6 Å². The van der Waals surface area contributed by atoms with Gasteiger partial charge in [0, 0.05) is 29.9 Å². The van der Waals surface area contributed by atoms with Gasteiger partial charge in [-0.05, 0) is 50.6 Å². The summed E-state index contributed by atoms with van der Waals surface area (Å²) in [5.41, 5.74) is 1.64. The molecule has 3 rings (SSSR count). The summed E-state index contributed by atoms with van der Waals surface area (Å²) in [4.78, 5) is 26.6. The maximum Gasteiger partial charge on any atom is 0.319 e. The standard InChI is InChI=1S/C21H24ClN3O3/c1-4-25-17-10-9-16(11-18(17)28-13-21(2,3)19(25)26)24-20(27)23-12-14-5-7-15(22)8-6-14/h5-11H,4,12-13H2,1-3H3,(H2,23,24,27). The smallest absolute Gasteiger partial charge is 0.319 e. The zero-order valence-electron chi connectivity index (χ0n) is 16.2. The highest BCUT2D eigenvalue weighted by atomic mass is 35.5. The Bertz CT molecular complexity index is 881. The van der Waals surface area contributed by atoms with Gasteiger partial charge in [-0.3, -0.25) is 4.79 Å². The molecule has 0 unspecified atom stereocenters. The van der Waals surface area contributed by atoms with E-state index in [1.165, 1.54) is 0 Å². The van der Waals surface area contributed by atoms with Crippen LogP contribution in [-0.4, -0.2) is 25.1 Å². The highest BCUT2D eigenvalue weighted by Gasteiger charge is 2.37. The molecule has 0 saturated heterocycles. The van der Waals surface area contributed by atoms with Gasteiger partial charge in [0.2, 0.25) is 5.91 Å². The fourth-order valence-corrected chi connectivity index (χ4v) is 3.12. The van der Waals surface area contributed by atoms with Gasteiger partial charge in [0.1, 0.15) is 12.4 Å². The van der Waals surface area contributed by atoms with Gasteiger partial charge in [-0.15, -0.1) is 0 Å². The van der Waals surface area contributed by atoms with Gasteiger partial charge in [0.05, 0.1) is 11.1 Å². The second-order valence-corrected chi connectivity index (χ2v) is 7.78. The maximum absolute atomic E-state index is 12.7. The second-order valence-electron chi connectivity index (χ2n) is 7.34. The van der Waals surface area contributed by atoms with Gasteiger partial charge in [0.15, 0.2) is 0 Å². The van der Waals surface area contributed by atoms with Crippen LogP contribution in [0, 0.1) is 5.41 Å². The molecule has 3 amide bonds. The van der Waals surface area contributed by atoms with Crippen molar-refractivity contribution in [2.45, 2.75) is 27.3 Å². The molecule has 1 heterocycles. The molecule has 1 aliphatic heterocycles. The van der Waals surface area contributed by atoms with E-state index in [1.807, 2.05) is 32.9 Å². The molecule has 0 bridgehead atoms. The molecule has 2 N–H and O–H groups in total. The van der Waals surface area contributed by atoms with Crippen LogP contribution in [0.4, 0.5) is 16.2 Å². The number of hydrogen-bond donors (Lipinski definition) is 2. The van der Waals surface area contributed by atoms with Gasteiger partial charge in [-0.2, -0.15) is 0 Å². The summed E-state index contributed by atoms with van der Waals surface area (Å²) in [6.45, 7) is 6.88. The largest absolute Gasteiger partial charge is 0.490 e. The van der Waals surface area contributed by atoms with Crippen LogP contribution >= 0.6 is 11.6 Å². The maximum atomic E-state index is 12.7. The van der Waals surface area contributed by atoms with Crippen LogP contribution < -0.4 is 20.3 Å². The van der Waals surface area contributed by atoms with Crippen molar-refractivity contribution in [3.63, 3.8) is 0 Å². The quantitative estimate of drug-likeness (QED) is 0.795. The van der Waals surface area contributed by atoms with Crippen molar-refractivity contribution in [3.8, 4) is 5.75 Å². The van der Waals surface area contributed by atoms with E-state index in [0.29, 0.717) is 35.2 Å². The minimum Gasteiger partial charge on any atom is -0.490 e. The van der Waals surface area contributed by atoms with E-state index in [4.69, 9.17) is 16.3 Å². The van der Waals surface area contributed by atoms with Crippen molar-refractivity contribution in [3.05, 3.63) is 53.1 Å². The molecule has 148 valence electrons. The molecule has 0 radical (unpaired) electrons. The van der Waals surface area contributed by atoms with E-state index in [-0.39, 0.29) is 18.5 Å². The number of anilines is 2. The summed E-state index contributed by atoms with van der Waals surface area (Å²) >= 11 is 5.86. The number of rotatable bonds is 4. The van der Waals surface area contributed by atoms with Crippen molar-refractivity contribution in [1.82, 2.24) is 5.32 Å². The number of halogens is 1. The third-order valence-electron chi connectivity index (χ3n) is 4.60. The third kappa shape index (κ3) is 4.39. The van der Waals surface area contributed by atoms with Crippen molar-refractivity contribution < 1.29 is 14.3 Å². The van der Waals surface area contributed by atoms with Crippen LogP contribution in [0.5, 0.6) is 5.75 Å². The zero-order valence-corrected chi connectivity index (χ0v) is 17.0. The monoisotopic (exact) mass is 401 g/mol. The molecule has 28 heavy (non-hydrogen) atoms. The molecule has 7 heteroatoms. The second kappa shape index (κ2) is 8.10. The zero-order chi connectivity index (χ0) is 20.3. The molecule has 2 aromatic carbocycles. The number of nitrogens with zero attached hydrogens (tertiary/aromatic N) is 1. The highest BCUT2D eigenvalue weighted by molar-refractivity contribution is 6.30. The Morgan fingerprint density at radius 1 is 1.21 bits per heavy atom. The molecule has 0 spiro atoms. The van der Waals surface area contributed by atoms with Crippen molar-refractivity contribution in [1.29, 1.82) is 0 Å². The number of amides is 3. The van der Waals surface area contributed by atoms with E-state index < -0.39 is 5.41 Å². The SMILES string of the molecule is CCN1C(=O)C(C)(C)COc2cc(NC(=O)NCc3ccc(Cl)cc3)ccc21. The molecule has 2 aromatic rings. The Kier molecular flexibility index (Phi) is 5.79. The van der Waals surface area contributed by atoms with E-state index in [9.17, 15) is 9.59 Å². The first-order valence-corrected chi connectivity index (χ1v) is 9.56. The first-order valence-electron chi connectivity index (χ1n) is 9.18. The van der Waals surface area contributed by atoms with Crippen LogP contribution in [0.1, 0.15) is 26.3 Å². The average molecular weight is 402 g/mol. The van der Waals surface area contributed by atoms with Crippen LogP contribution in [0.2, 0.25) is 5.02 Å². The summed E-state index contributed by atoms with van der Waals surface area (Å²) in [7, 11) is 0. The van der Waals surface area contributed by atoms with Gasteiger partial charge in [-0.25, -0.2) is 4.79 Å². The van der Waals surface area contributed by atoms with E-state index in [1.54, 1.807) is 35.2 Å². The summed E-state index contributed by atoms with van der Waals surface area (Å²) in [5, 5.41) is 6.25. The number of carbonyl (C=O) groups is 2. The van der Waals surface area contributed by atoms with Crippen molar-refractivity contribution in [2.24, 2.45) is 5.41 Å². The number of carbonyl (C=O) groups excluding carboxylic acids is 2. The molecule has 0 saturated carbocycles. The molecule has 0 atom stereocenters. The number of nitrogens with one attached hydrogen (secondary N) is 2. The predicted octanol–water partition coefficient (Wildman–Crippen LogP) is 4.43. The van der Waals surface area contributed by atoms with E-state index >= 15 is 0 Å². The van der Waals surface area contributed by atoms with Crippen molar-refractivity contribution >= 4 is 34.9 Å². The third-order valence-corrected chi connectivity index (χ3v) is 4.86. The number of hydrogen-bond acceptors (Lipinski definition) is 3. The summed E-state index contributed by atoms with van der Waals surface area (Å²) in [6, 6.07) is 12.3. The van der Waals surface area contributed by atoms with Gasteiger partial charge < -0.3 is 20.3 Å². The molecule has 0 fully saturated rings. The normalized spacial score (nSPS) is 15.3. The first kappa shape index (κ1) is 20.0. The van der Waals surface area contributed by atoms with Crippen LogP contribution in [0.25, 0.3) is 0 Å². The number of urea groups is 1. The lowest BCUT2D eigenvalue weighted by Crippen LogP contribution is -2.42. The Balaban J connectivity index is 1.69. The van der Waals surface area contributed by atoms with Crippen LogP contribution in [0.15, 0.2) is 42.5 Å². The number of fused-ring (bicyclic) bond motifs is 1. The average Bonchev–Trinajstić information content (AvgIpc) is 2.76. The number of benzene rings is 2. The summed E-state index contributed by atoms with van der Waals surface area (Å²) < 4.78 is 5.88. The highest BCUT2D eigenvalue weighted by Crippen LogP contribution is 2.38. The summed E-state index contributed by atoms with van der Waals surface area (Å²) in [5.74, 6) is 0.603. The Morgan fingerprint density at radius 3 is 2.61 bits per heavy atom.